The average molecular weight is 305 g/mol. The number of aliphatic hydroxyl groups is 1. The maximum absolute atomic E-state index is 8.94. The van der Waals surface area contributed by atoms with Crippen LogP contribution in [-0.2, 0) is 0 Å². The minimum atomic E-state index is 0.224. The fourth-order valence-corrected chi connectivity index (χ4v) is 2.93. The van der Waals surface area contributed by atoms with Crippen molar-refractivity contribution in [3.8, 4) is 0 Å². The molecule has 0 amide bonds. The van der Waals surface area contributed by atoms with Gasteiger partial charge < -0.3 is 10.4 Å². The molecule has 0 fully saturated rings. The molecule has 0 aromatic carbocycles. The van der Waals surface area contributed by atoms with Crippen molar-refractivity contribution in [2.45, 2.75) is 24.4 Å². The van der Waals surface area contributed by atoms with Crippen LogP contribution in [0.15, 0.2) is 27.8 Å². The molecule has 0 bridgehead atoms. The smallest absolute Gasteiger partial charge is 0.110 e. The fraction of sp³-hybridized carbons (Fsp3) is 0.545. The Balaban J connectivity index is 2.45. The molecule has 0 aliphatic rings. The average Bonchev–Trinajstić information content (AvgIpc) is 2.28. The van der Waals surface area contributed by atoms with Crippen LogP contribution < -0.4 is 5.32 Å². The number of halogens is 1. The third kappa shape index (κ3) is 4.82. The quantitative estimate of drug-likeness (QED) is 0.759. The van der Waals surface area contributed by atoms with Gasteiger partial charge >= 0.3 is 0 Å². The van der Waals surface area contributed by atoms with Gasteiger partial charge in [-0.05, 0) is 41.0 Å². The van der Waals surface area contributed by atoms with Crippen LogP contribution in [0.5, 0.6) is 0 Å². The van der Waals surface area contributed by atoms with E-state index >= 15 is 0 Å². The van der Waals surface area contributed by atoms with Crippen molar-refractivity contribution in [1.82, 2.24) is 10.3 Å². The second-order valence-corrected chi connectivity index (χ2v) is 5.23. The second-order valence-electron chi connectivity index (χ2n) is 3.37. The number of nitrogens with zero attached hydrogens (tertiary/aromatic N) is 1. The number of thioether (sulfide) groups is 1. The van der Waals surface area contributed by atoms with E-state index in [-0.39, 0.29) is 6.61 Å². The Morgan fingerprint density at radius 2 is 2.44 bits per heavy atom. The zero-order chi connectivity index (χ0) is 11.8. The van der Waals surface area contributed by atoms with Crippen LogP contribution in [0.1, 0.15) is 13.3 Å². The first-order chi connectivity index (χ1) is 7.77. The van der Waals surface area contributed by atoms with E-state index in [2.05, 4.69) is 33.2 Å². The zero-order valence-electron chi connectivity index (χ0n) is 9.32. The Kier molecular flexibility index (Phi) is 7.03. The summed E-state index contributed by atoms with van der Waals surface area (Å²) in [6, 6.07) is 4.24. The summed E-state index contributed by atoms with van der Waals surface area (Å²) in [5, 5.41) is 13.3. The summed E-state index contributed by atoms with van der Waals surface area (Å²) in [4.78, 5) is 4.30. The van der Waals surface area contributed by atoms with E-state index in [9.17, 15) is 0 Å². The standard InChI is InChI=1S/C11H17BrN2OS/c1-2-13-9(5-7-15)8-16-11-10(12)4-3-6-14-11/h3-4,6,9,13,15H,2,5,7-8H2,1H3. The molecule has 1 rings (SSSR count). The first-order valence-corrected chi connectivity index (χ1v) is 7.13. The highest BCUT2D eigenvalue weighted by Gasteiger charge is 2.09. The lowest BCUT2D eigenvalue weighted by Crippen LogP contribution is -2.32. The highest BCUT2D eigenvalue weighted by Crippen LogP contribution is 2.25. The largest absolute Gasteiger partial charge is 0.396 e. The predicted octanol–water partition coefficient (Wildman–Crippen LogP) is 2.30. The SMILES string of the molecule is CCNC(CCO)CSc1ncccc1Br. The van der Waals surface area contributed by atoms with Crippen LogP contribution in [0.25, 0.3) is 0 Å². The van der Waals surface area contributed by atoms with Crippen molar-refractivity contribution >= 4 is 27.7 Å². The molecule has 1 aromatic heterocycles. The van der Waals surface area contributed by atoms with Crippen molar-refractivity contribution in [3.63, 3.8) is 0 Å². The third-order valence-corrected chi connectivity index (χ3v) is 4.19. The van der Waals surface area contributed by atoms with Crippen molar-refractivity contribution in [2.75, 3.05) is 18.9 Å². The van der Waals surface area contributed by atoms with Crippen LogP contribution in [0, 0.1) is 0 Å². The summed E-state index contributed by atoms with van der Waals surface area (Å²) >= 11 is 5.17. The molecule has 1 aromatic rings. The van der Waals surface area contributed by atoms with Crippen LogP contribution in [0.4, 0.5) is 0 Å². The maximum atomic E-state index is 8.94. The molecule has 0 spiro atoms. The number of hydrogen-bond acceptors (Lipinski definition) is 4. The Morgan fingerprint density at radius 1 is 1.62 bits per heavy atom. The molecule has 0 radical (unpaired) electrons. The summed E-state index contributed by atoms with van der Waals surface area (Å²) in [6.45, 7) is 3.22. The molecule has 1 heterocycles. The summed E-state index contributed by atoms with van der Waals surface area (Å²) < 4.78 is 1.03. The normalized spacial score (nSPS) is 12.7. The molecule has 90 valence electrons. The Hall–Kier alpha value is -0.100. The van der Waals surface area contributed by atoms with E-state index in [0.29, 0.717) is 6.04 Å². The maximum Gasteiger partial charge on any atom is 0.110 e. The molecule has 16 heavy (non-hydrogen) atoms. The molecule has 1 unspecified atom stereocenters. The van der Waals surface area contributed by atoms with E-state index in [0.717, 1.165) is 28.2 Å². The summed E-state index contributed by atoms with van der Waals surface area (Å²) in [7, 11) is 0. The molecule has 2 N–H and O–H groups in total. The van der Waals surface area contributed by atoms with Crippen LogP contribution >= 0.6 is 27.7 Å². The monoisotopic (exact) mass is 304 g/mol. The predicted molar refractivity (Wildman–Crippen MR) is 71.8 cm³/mol. The molecule has 0 aliphatic carbocycles. The van der Waals surface area contributed by atoms with Gasteiger partial charge in [-0.1, -0.05) is 6.92 Å². The van der Waals surface area contributed by atoms with Crippen LogP contribution in [0.2, 0.25) is 0 Å². The highest BCUT2D eigenvalue weighted by atomic mass is 79.9. The summed E-state index contributed by atoms with van der Waals surface area (Å²) in [5.74, 6) is 0.921. The lowest BCUT2D eigenvalue weighted by atomic mass is 10.2. The summed E-state index contributed by atoms with van der Waals surface area (Å²) in [5.41, 5.74) is 0. The van der Waals surface area contributed by atoms with E-state index < -0.39 is 0 Å². The topological polar surface area (TPSA) is 45.1 Å². The van der Waals surface area contributed by atoms with Gasteiger partial charge in [-0.15, -0.1) is 11.8 Å². The molecule has 5 heteroatoms. The third-order valence-electron chi connectivity index (χ3n) is 2.12. The van der Waals surface area contributed by atoms with Gasteiger partial charge in [0.1, 0.15) is 5.03 Å². The lowest BCUT2D eigenvalue weighted by molar-refractivity contribution is 0.271. The number of pyridine rings is 1. The van der Waals surface area contributed by atoms with Crippen molar-refractivity contribution < 1.29 is 5.11 Å². The fourth-order valence-electron chi connectivity index (χ4n) is 1.35. The highest BCUT2D eigenvalue weighted by molar-refractivity contribution is 9.10. The lowest BCUT2D eigenvalue weighted by Gasteiger charge is -2.16. The molecular weight excluding hydrogens is 288 g/mol. The van der Waals surface area contributed by atoms with E-state index in [4.69, 9.17) is 5.11 Å². The van der Waals surface area contributed by atoms with Gasteiger partial charge in [-0.2, -0.15) is 0 Å². The Bertz CT molecular complexity index is 306. The second kappa shape index (κ2) is 8.06. The van der Waals surface area contributed by atoms with Gasteiger partial charge in [0.05, 0.1) is 0 Å². The van der Waals surface area contributed by atoms with Gasteiger partial charge in [-0.3, -0.25) is 0 Å². The molecule has 0 saturated heterocycles. The molecule has 3 nitrogen and oxygen atoms in total. The van der Waals surface area contributed by atoms with Gasteiger partial charge in [0.2, 0.25) is 0 Å². The van der Waals surface area contributed by atoms with Crippen LogP contribution in [0.3, 0.4) is 0 Å². The van der Waals surface area contributed by atoms with Gasteiger partial charge in [-0.25, -0.2) is 4.98 Å². The number of rotatable bonds is 7. The number of aromatic nitrogens is 1. The molecule has 0 aliphatic heterocycles. The van der Waals surface area contributed by atoms with Gasteiger partial charge in [0.15, 0.2) is 0 Å². The van der Waals surface area contributed by atoms with E-state index in [1.807, 2.05) is 12.1 Å². The first-order valence-electron chi connectivity index (χ1n) is 5.35. The van der Waals surface area contributed by atoms with Crippen molar-refractivity contribution in [2.24, 2.45) is 0 Å². The Labute approximate surface area is 109 Å². The zero-order valence-corrected chi connectivity index (χ0v) is 11.7. The molecule has 1 atom stereocenters. The van der Waals surface area contributed by atoms with E-state index in [1.54, 1.807) is 18.0 Å². The Morgan fingerprint density at radius 3 is 3.06 bits per heavy atom. The van der Waals surface area contributed by atoms with Gasteiger partial charge in [0, 0.05) is 29.1 Å². The van der Waals surface area contributed by atoms with Gasteiger partial charge in [0.25, 0.3) is 0 Å². The van der Waals surface area contributed by atoms with E-state index in [1.165, 1.54) is 0 Å². The first kappa shape index (κ1) is 14.0. The van der Waals surface area contributed by atoms with Crippen molar-refractivity contribution in [1.29, 1.82) is 0 Å². The van der Waals surface area contributed by atoms with Crippen molar-refractivity contribution in [3.05, 3.63) is 22.8 Å². The molecule has 0 saturated carbocycles. The number of nitrogens with one attached hydrogen (secondary N) is 1. The minimum absolute atomic E-state index is 0.224. The van der Waals surface area contributed by atoms with Crippen LogP contribution in [-0.4, -0.2) is 35.0 Å². The number of aliphatic hydroxyl groups excluding tert-OH is 1. The summed E-state index contributed by atoms with van der Waals surface area (Å²) in [6.07, 6.45) is 2.58. The molecular formula is C11H17BrN2OS. The number of hydrogen-bond donors (Lipinski definition) is 2. The minimum Gasteiger partial charge on any atom is -0.396 e.